The van der Waals surface area contributed by atoms with E-state index in [9.17, 15) is 8.42 Å². The van der Waals surface area contributed by atoms with Crippen LogP contribution in [0.4, 0.5) is 17.2 Å². The van der Waals surface area contributed by atoms with E-state index in [2.05, 4.69) is 21.1 Å². The lowest BCUT2D eigenvalue weighted by Gasteiger charge is -2.11. The molecule has 26 heavy (non-hydrogen) atoms. The Balaban J connectivity index is 1.75. The van der Waals surface area contributed by atoms with Gasteiger partial charge in [0.2, 0.25) is 0 Å². The third-order valence-electron chi connectivity index (χ3n) is 3.96. The van der Waals surface area contributed by atoms with Gasteiger partial charge in [-0.1, -0.05) is 29.8 Å². The second-order valence-electron chi connectivity index (χ2n) is 6.30. The second kappa shape index (κ2) is 7.17. The molecule has 2 N–H and O–H groups in total. The minimum absolute atomic E-state index is 0.231. The van der Waals surface area contributed by atoms with E-state index in [1.54, 1.807) is 30.3 Å². The van der Waals surface area contributed by atoms with Crippen molar-refractivity contribution in [1.29, 1.82) is 0 Å². The van der Waals surface area contributed by atoms with Gasteiger partial charge in [0.1, 0.15) is 5.82 Å². The first kappa shape index (κ1) is 17.9. The summed E-state index contributed by atoms with van der Waals surface area (Å²) in [4.78, 5) is 4.53. The molecule has 0 spiro atoms. The summed E-state index contributed by atoms with van der Waals surface area (Å²) in [5.41, 5.74) is 4.59. The van der Waals surface area contributed by atoms with Crippen molar-refractivity contribution in [3.05, 3.63) is 77.5 Å². The van der Waals surface area contributed by atoms with Crippen molar-refractivity contribution in [2.24, 2.45) is 0 Å². The minimum Gasteiger partial charge on any atom is -0.340 e. The largest absolute Gasteiger partial charge is 0.340 e. The summed E-state index contributed by atoms with van der Waals surface area (Å²) in [6.07, 6.45) is 1.50. The van der Waals surface area contributed by atoms with Crippen LogP contribution < -0.4 is 10.0 Å². The van der Waals surface area contributed by atoms with Crippen LogP contribution in [0.2, 0.25) is 0 Å². The Labute approximate surface area is 154 Å². The molecule has 0 saturated heterocycles. The van der Waals surface area contributed by atoms with Crippen LogP contribution in [0.15, 0.2) is 65.7 Å². The lowest BCUT2D eigenvalue weighted by atomic mass is 10.1. The Bertz CT molecular complexity index is 1030. The first-order valence-electron chi connectivity index (χ1n) is 8.23. The predicted molar refractivity (Wildman–Crippen MR) is 105 cm³/mol. The summed E-state index contributed by atoms with van der Waals surface area (Å²) in [5.74, 6) is 0.649. The third kappa shape index (κ3) is 4.21. The number of aromatic nitrogens is 1. The van der Waals surface area contributed by atoms with Crippen molar-refractivity contribution >= 4 is 27.2 Å². The van der Waals surface area contributed by atoms with Crippen LogP contribution in [0.1, 0.15) is 16.7 Å². The predicted octanol–water partition coefficient (Wildman–Crippen LogP) is 4.55. The van der Waals surface area contributed by atoms with Gasteiger partial charge in [0, 0.05) is 5.69 Å². The Morgan fingerprint density at radius 2 is 1.65 bits per heavy atom. The maximum absolute atomic E-state index is 12.5. The van der Waals surface area contributed by atoms with Gasteiger partial charge in [0.25, 0.3) is 10.0 Å². The molecular formula is C20H21N3O2S. The molecule has 0 amide bonds. The highest BCUT2D eigenvalue weighted by atomic mass is 32.2. The van der Waals surface area contributed by atoms with E-state index < -0.39 is 10.0 Å². The van der Waals surface area contributed by atoms with E-state index in [0.29, 0.717) is 11.5 Å². The van der Waals surface area contributed by atoms with E-state index in [4.69, 9.17) is 0 Å². The molecule has 5 nitrogen and oxygen atoms in total. The number of nitrogens with zero attached hydrogens (tertiary/aromatic N) is 1. The van der Waals surface area contributed by atoms with Crippen molar-refractivity contribution < 1.29 is 8.42 Å². The van der Waals surface area contributed by atoms with E-state index in [1.165, 1.54) is 11.8 Å². The zero-order valence-corrected chi connectivity index (χ0v) is 15.8. The smallest absolute Gasteiger partial charge is 0.261 e. The summed E-state index contributed by atoms with van der Waals surface area (Å²) in [6, 6.07) is 16.3. The summed E-state index contributed by atoms with van der Waals surface area (Å²) < 4.78 is 27.5. The lowest BCUT2D eigenvalue weighted by molar-refractivity contribution is 0.601. The number of sulfonamides is 1. The fourth-order valence-corrected chi connectivity index (χ4v) is 3.76. The van der Waals surface area contributed by atoms with Gasteiger partial charge in [-0.15, -0.1) is 0 Å². The summed E-state index contributed by atoms with van der Waals surface area (Å²) in [6.45, 7) is 5.93. The lowest BCUT2D eigenvalue weighted by Crippen LogP contribution is -2.13. The minimum atomic E-state index is -3.63. The van der Waals surface area contributed by atoms with Crippen molar-refractivity contribution in [2.45, 2.75) is 25.7 Å². The van der Waals surface area contributed by atoms with E-state index >= 15 is 0 Å². The van der Waals surface area contributed by atoms with Crippen LogP contribution in [0, 0.1) is 20.8 Å². The number of hydrogen-bond acceptors (Lipinski definition) is 4. The van der Waals surface area contributed by atoms with Gasteiger partial charge < -0.3 is 5.32 Å². The number of rotatable bonds is 5. The fourth-order valence-electron chi connectivity index (χ4n) is 2.62. The van der Waals surface area contributed by atoms with Crippen molar-refractivity contribution in [3.8, 4) is 0 Å². The van der Waals surface area contributed by atoms with Gasteiger partial charge in [-0.2, -0.15) is 0 Å². The van der Waals surface area contributed by atoms with Gasteiger partial charge in [0.15, 0.2) is 0 Å². The number of anilines is 3. The van der Waals surface area contributed by atoms with Gasteiger partial charge in [-0.3, -0.25) is 4.72 Å². The van der Waals surface area contributed by atoms with Gasteiger partial charge >= 0.3 is 0 Å². The molecule has 0 aliphatic carbocycles. The average molecular weight is 367 g/mol. The second-order valence-corrected chi connectivity index (χ2v) is 7.98. The normalized spacial score (nSPS) is 11.2. The molecule has 1 heterocycles. The number of nitrogens with one attached hydrogen (secondary N) is 2. The maximum Gasteiger partial charge on any atom is 0.261 e. The standard InChI is InChI=1S/C20H21N3O2S/c1-14-5-4-6-18(12-14)26(24,25)23-17-8-10-20(21-13-17)22-19-9-7-15(2)11-16(19)3/h4-13,23H,1-3H3,(H,21,22). The van der Waals surface area contributed by atoms with Gasteiger partial charge in [-0.25, -0.2) is 13.4 Å². The molecule has 0 bridgehead atoms. The quantitative estimate of drug-likeness (QED) is 0.694. The van der Waals surface area contributed by atoms with Crippen molar-refractivity contribution in [1.82, 2.24) is 4.98 Å². The van der Waals surface area contributed by atoms with E-state index in [0.717, 1.165) is 16.8 Å². The van der Waals surface area contributed by atoms with Gasteiger partial charge in [-0.05, 0) is 62.2 Å². The Kier molecular flexibility index (Phi) is 4.95. The van der Waals surface area contributed by atoms with E-state index in [1.807, 2.05) is 39.0 Å². The molecule has 0 saturated carbocycles. The molecule has 0 aliphatic heterocycles. The van der Waals surface area contributed by atoms with Crippen LogP contribution >= 0.6 is 0 Å². The number of aryl methyl sites for hydroxylation is 3. The Morgan fingerprint density at radius 3 is 2.31 bits per heavy atom. The summed E-state index contributed by atoms with van der Waals surface area (Å²) in [5, 5.41) is 3.24. The molecule has 2 aromatic carbocycles. The third-order valence-corrected chi connectivity index (χ3v) is 5.34. The topological polar surface area (TPSA) is 71.1 Å². The van der Waals surface area contributed by atoms with Crippen LogP contribution in [0.3, 0.4) is 0 Å². The molecule has 0 atom stereocenters. The summed E-state index contributed by atoms with van der Waals surface area (Å²) in [7, 11) is -3.63. The molecule has 0 fully saturated rings. The van der Waals surface area contributed by atoms with Crippen LogP contribution in [0.25, 0.3) is 0 Å². The SMILES string of the molecule is Cc1cccc(S(=O)(=O)Nc2ccc(Nc3ccc(C)cc3C)nc2)c1. The average Bonchev–Trinajstić information content (AvgIpc) is 2.59. The number of pyridine rings is 1. The summed E-state index contributed by atoms with van der Waals surface area (Å²) >= 11 is 0. The molecular weight excluding hydrogens is 346 g/mol. The monoisotopic (exact) mass is 367 g/mol. The zero-order chi connectivity index (χ0) is 18.7. The van der Waals surface area contributed by atoms with Gasteiger partial charge in [0.05, 0.1) is 16.8 Å². The van der Waals surface area contributed by atoms with E-state index in [-0.39, 0.29) is 4.90 Å². The maximum atomic E-state index is 12.5. The highest BCUT2D eigenvalue weighted by molar-refractivity contribution is 7.92. The van der Waals surface area contributed by atoms with Crippen LogP contribution in [0.5, 0.6) is 0 Å². The van der Waals surface area contributed by atoms with Crippen LogP contribution in [-0.2, 0) is 10.0 Å². The molecule has 1 aromatic heterocycles. The number of hydrogen-bond donors (Lipinski definition) is 2. The first-order chi connectivity index (χ1) is 12.3. The van der Waals surface area contributed by atoms with Crippen LogP contribution in [-0.4, -0.2) is 13.4 Å². The fraction of sp³-hybridized carbons (Fsp3) is 0.150. The highest BCUT2D eigenvalue weighted by Crippen LogP contribution is 2.22. The first-order valence-corrected chi connectivity index (χ1v) is 9.72. The molecule has 6 heteroatoms. The Morgan fingerprint density at radius 1 is 0.885 bits per heavy atom. The molecule has 0 radical (unpaired) electrons. The molecule has 0 unspecified atom stereocenters. The molecule has 3 aromatic rings. The van der Waals surface area contributed by atoms with Crippen molar-refractivity contribution in [3.63, 3.8) is 0 Å². The molecule has 0 aliphatic rings. The highest BCUT2D eigenvalue weighted by Gasteiger charge is 2.14. The Hall–Kier alpha value is -2.86. The zero-order valence-electron chi connectivity index (χ0n) is 14.9. The molecule has 134 valence electrons. The van der Waals surface area contributed by atoms with Crippen molar-refractivity contribution in [2.75, 3.05) is 10.0 Å². The molecule has 3 rings (SSSR count). The number of benzene rings is 2.